The molecule has 2 fully saturated rings. The van der Waals surface area contributed by atoms with E-state index in [1.165, 1.54) is 10.5 Å². The molecule has 0 bridgehead atoms. The molecule has 0 aromatic heterocycles. The van der Waals surface area contributed by atoms with Gasteiger partial charge in [-0.25, -0.2) is 4.79 Å². The van der Waals surface area contributed by atoms with Gasteiger partial charge in [0.2, 0.25) is 0 Å². The van der Waals surface area contributed by atoms with E-state index in [2.05, 4.69) is 32.0 Å². The first kappa shape index (κ1) is 15.2. The smallest absolute Gasteiger partial charge is 0.407 e. The minimum absolute atomic E-state index is 0.234. The average molecular weight is 303 g/mol. The van der Waals surface area contributed by atoms with Crippen LogP contribution in [0.5, 0.6) is 5.75 Å². The van der Waals surface area contributed by atoms with Crippen LogP contribution >= 0.6 is 0 Å². The monoisotopic (exact) mass is 303 g/mol. The van der Waals surface area contributed by atoms with Crippen LogP contribution in [-0.2, 0) is 0 Å². The van der Waals surface area contributed by atoms with Crippen LogP contribution in [0.4, 0.5) is 4.79 Å². The topological polar surface area (TPSA) is 49.8 Å². The number of carboxylic acid groups (broad SMARTS) is 1. The molecule has 1 amide bonds. The molecular weight excluding hydrogens is 278 g/mol. The van der Waals surface area contributed by atoms with Crippen molar-refractivity contribution < 1.29 is 14.6 Å². The minimum atomic E-state index is -0.783. The highest BCUT2D eigenvalue weighted by atomic mass is 16.5. The second-order valence-corrected chi connectivity index (χ2v) is 7.18. The van der Waals surface area contributed by atoms with Gasteiger partial charge in [0.1, 0.15) is 5.75 Å². The van der Waals surface area contributed by atoms with E-state index in [4.69, 9.17) is 9.84 Å². The van der Waals surface area contributed by atoms with Gasteiger partial charge in [0.25, 0.3) is 0 Å². The Morgan fingerprint density at radius 3 is 2.59 bits per heavy atom. The summed E-state index contributed by atoms with van der Waals surface area (Å²) in [5, 5.41) is 8.97. The predicted molar refractivity (Wildman–Crippen MR) is 85.4 cm³/mol. The Bertz CT molecular complexity index is 539. The van der Waals surface area contributed by atoms with Crippen LogP contribution in [0.25, 0.3) is 0 Å². The molecular formula is C18H25NO3. The van der Waals surface area contributed by atoms with Crippen molar-refractivity contribution in [1.82, 2.24) is 4.90 Å². The van der Waals surface area contributed by atoms with E-state index in [0.717, 1.165) is 31.4 Å². The summed E-state index contributed by atoms with van der Waals surface area (Å²) in [5.74, 6) is 1.48. The number of hydrogen-bond donors (Lipinski definition) is 1. The van der Waals surface area contributed by atoms with Crippen LogP contribution in [-0.4, -0.2) is 35.3 Å². The van der Waals surface area contributed by atoms with E-state index >= 15 is 0 Å². The van der Waals surface area contributed by atoms with E-state index in [0.29, 0.717) is 19.0 Å². The molecule has 1 aromatic carbocycles. The molecule has 0 atom stereocenters. The molecule has 0 unspecified atom stereocenters. The lowest BCUT2D eigenvalue weighted by molar-refractivity contribution is -0.0368. The molecule has 22 heavy (non-hydrogen) atoms. The summed E-state index contributed by atoms with van der Waals surface area (Å²) in [7, 11) is 0. The fraction of sp³-hybridized carbons (Fsp3) is 0.611. The predicted octanol–water partition coefficient (Wildman–Crippen LogP) is 4.11. The maximum absolute atomic E-state index is 10.9. The molecule has 3 rings (SSSR count). The van der Waals surface area contributed by atoms with Crippen molar-refractivity contribution in [1.29, 1.82) is 0 Å². The standard InChI is InChI=1S/C18H25NO3/c1-13(2)14-4-3-5-16(10-14)22-15-6-8-18(9-7-15)11-19(12-18)17(20)21/h3-5,10,13,15H,6-9,11-12H2,1-2H3,(H,20,21). The van der Waals surface area contributed by atoms with Gasteiger partial charge < -0.3 is 14.7 Å². The van der Waals surface area contributed by atoms with E-state index in [1.54, 1.807) is 0 Å². The second-order valence-electron chi connectivity index (χ2n) is 7.18. The normalized spacial score (nSPS) is 21.0. The Kier molecular flexibility index (Phi) is 4.02. The van der Waals surface area contributed by atoms with Gasteiger partial charge >= 0.3 is 6.09 Å². The van der Waals surface area contributed by atoms with Gasteiger partial charge in [-0.2, -0.15) is 0 Å². The molecule has 1 saturated heterocycles. The minimum Gasteiger partial charge on any atom is -0.490 e. The van der Waals surface area contributed by atoms with Crippen LogP contribution in [0, 0.1) is 5.41 Å². The highest BCUT2D eigenvalue weighted by molar-refractivity contribution is 5.66. The van der Waals surface area contributed by atoms with Crippen LogP contribution in [0.1, 0.15) is 51.0 Å². The number of hydrogen-bond acceptors (Lipinski definition) is 2. The molecule has 4 nitrogen and oxygen atoms in total. The van der Waals surface area contributed by atoms with Crippen LogP contribution in [0.15, 0.2) is 24.3 Å². The summed E-state index contributed by atoms with van der Waals surface area (Å²) in [6.45, 7) is 5.79. The van der Waals surface area contributed by atoms with Crippen molar-refractivity contribution in [2.24, 2.45) is 5.41 Å². The van der Waals surface area contributed by atoms with Crippen molar-refractivity contribution in [3.05, 3.63) is 29.8 Å². The van der Waals surface area contributed by atoms with Gasteiger partial charge in [0.15, 0.2) is 0 Å². The highest BCUT2D eigenvalue weighted by Crippen LogP contribution is 2.44. The summed E-state index contributed by atoms with van der Waals surface area (Å²) in [4.78, 5) is 12.4. The number of nitrogens with zero attached hydrogens (tertiary/aromatic N) is 1. The first-order chi connectivity index (χ1) is 10.5. The lowest BCUT2D eigenvalue weighted by Crippen LogP contribution is -2.59. The molecule has 120 valence electrons. The number of ether oxygens (including phenoxy) is 1. The first-order valence-corrected chi connectivity index (χ1v) is 8.22. The molecule has 0 radical (unpaired) electrons. The largest absolute Gasteiger partial charge is 0.490 e. The van der Waals surface area contributed by atoms with Crippen molar-refractivity contribution in [2.75, 3.05) is 13.1 Å². The van der Waals surface area contributed by atoms with Crippen LogP contribution in [0.2, 0.25) is 0 Å². The second kappa shape index (κ2) is 5.82. The van der Waals surface area contributed by atoms with Crippen molar-refractivity contribution in [3.63, 3.8) is 0 Å². The van der Waals surface area contributed by atoms with Crippen LogP contribution < -0.4 is 4.74 Å². The maximum Gasteiger partial charge on any atom is 0.407 e. The summed E-state index contributed by atoms with van der Waals surface area (Å²) in [6, 6.07) is 8.38. The molecule has 1 N–H and O–H groups in total. The maximum atomic E-state index is 10.9. The Morgan fingerprint density at radius 1 is 1.32 bits per heavy atom. The third kappa shape index (κ3) is 3.06. The number of benzene rings is 1. The Labute approximate surface area is 132 Å². The average Bonchev–Trinajstić information content (AvgIpc) is 2.46. The quantitative estimate of drug-likeness (QED) is 0.914. The molecule has 1 aliphatic heterocycles. The van der Waals surface area contributed by atoms with E-state index in [1.807, 2.05) is 6.07 Å². The first-order valence-electron chi connectivity index (χ1n) is 8.22. The van der Waals surface area contributed by atoms with Gasteiger partial charge in [0, 0.05) is 18.5 Å². The SMILES string of the molecule is CC(C)c1cccc(OC2CCC3(CC2)CN(C(=O)O)C3)c1. The lowest BCUT2D eigenvalue weighted by atomic mass is 9.68. The third-order valence-electron chi connectivity index (χ3n) is 5.14. The Hall–Kier alpha value is -1.71. The molecule has 1 aliphatic carbocycles. The molecule has 1 saturated carbocycles. The zero-order valence-electron chi connectivity index (χ0n) is 13.4. The van der Waals surface area contributed by atoms with Gasteiger partial charge in [0.05, 0.1) is 6.10 Å². The lowest BCUT2D eigenvalue weighted by Gasteiger charge is -2.52. The van der Waals surface area contributed by atoms with Crippen molar-refractivity contribution >= 4 is 6.09 Å². The van der Waals surface area contributed by atoms with Gasteiger partial charge in [-0.3, -0.25) is 0 Å². The number of amides is 1. The molecule has 1 aromatic rings. The fourth-order valence-corrected chi connectivity index (χ4v) is 3.68. The summed E-state index contributed by atoms with van der Waals surface area (Å²) < 4.78 is 6.15. The molecule has 2 aliphatic rings. The highest BCUT2D eigenvalue weighted by Gasteiger charge is 2.47. The molecule has 1 heterocycles. The Balaban J connectivity index is 1.52. The zero-order valence-corrected chi connectivity index (χ0v) is 13.4. The van der Waals surface area contributed by atoms with E-state index in [9.17, 15) is 4.79 Å². The van der Waals surface area contributed by atoms with Crippen LogP contribution in [0.3, 0.4) is 0 Å². The van der Waals surface area contributed by atoms with Crippen molar-refractivity contribution in [2.45, 2.75) is 51.6 Å². The van der Waals surface area contributed by atoms with Gasteiger partial charge in [-0.1, -0.05) is 26.0 Å². The summed E-state index contributed by atoms with van der Waals surface area (Å²) in [5.41, 5.74) is 1.54. The van der Waals surface area contributed by atoms with Gasteiger partial charge in [-0.15, -0.1) is 0 Å². The fourth-order valence-electron chi connectivity index (χ4n) is 3.68. The molecule has 1 spiro atoms. The Morgan fingerprint density at radius 2 is 2.00 bits per heavy atom. The van der Waals surface area contributed by atoms with Gasteiger partial charge in [-0.05, 0) is 49.3 Å². The number of likely N-dealkylation sites (tertiary alicyclic amines) is 1. The number of carbonyl (C=O) groups is 1. The van der Waals surface area contributed by atoms with E-state index < -0.39 is 6.09 Å². The van der Waals surface area contributed by atoms with Crippen molar-refractivity contribution in [3.8, 4) is 5.75 Å². The van der Waals surface area contributed by atoms with E-state index in [-0.39, 0.29) is 11.5 Å². The summed E-state index contributed by atoms with van der Waals surface area (Å²) in [6.07, 6.45) is 3.69. The number of rotatable bonds is 3. The zero-order chi connectivity index (χ0) is 15.7. The third-order valence-corrected chi connectivity index (χ3v) is 5.14. The summed E-state index contributed by atoms with van der Waals surface area (Å²) >= 11 is 0. The molecule has 4 heteroatoms.